The summed E-state index contributed by atoms with van der Waals surface area (Å²) in [5.41, 5.74) is -0.965. The van der Waals surface area contributed by atoms with Crippen LogP contribution in [-0.4, -0.2) is 17.2 Å². The molecule has 5 unspecified atom stereocenters. The molecular weight excluding hydrogens is 441 g/mol. The molecule has 0 bridgehead atoms. The Morgan fingerprint density at radius 3 is 1.50 bits per heavy atom. The highest BCUT2D eigenvalue weighted by Gasteiger charge is 2.50. The summed E-state index contributed by atoms with van der Waals surface area (Å²) in [7, 11) is -3.08. The van der Waals surface area contributed by atoms with E-state index in [-0.39, 0.29) is 5.41 Å². The molecule has 0 aliphatic carbocycles. The van der Waals surface area contributed by atoms with Crippen LogP contribution in [0.25, 0.3) is 0 Å². The Morgan fingerprint density at radius 2 is 1.18 bits per heavy atom. The van der Waals surface area contributed by atoms with Gasteiger partial charge >= 0.3 is 8.25 Å². The quantitative estimate of drug-likeness (QED) is 0.108. The molecule has 0 rings (SSSR count). The van der Waals surface area contributed by atoms with Crippen molar-refractivity contribution in [3.63, 3.8) is 0 Å². The van der Waals surface area contributed by atoms with E-state index in [2.05, 4.69) is 60.7 Å². The largest absolute Gasteiger partial charge is 0.326 e. The van der Waals surface area contributed by atoms with E-state index in [9.17, 15) is 9.46 Å². The summed E-state index contributed by atoms with van der Waals surface area (Å²) in [5, 5.41) is 3.83. The van der Waals surface area contributed by atoms with Crippen molar-refractivity contribution in [2.24, 2.45) is 23.2 Å². The lowest BCUT2D eigenvalue weighted by Gasteiger charge is -2.51. The molecule has 0 radical (unpaired) electrons. The minimum absolute atomic E-state index is 0.198. The summed E-state index contributed by atoms with van der Waals surface area (Å²) >= 11 is 0. The van der Waals surface area contributed by atoms with Gasteiger partial charge in [0.05, 0.1) is 0 Å². The van der Waals surface area contributed by atoms with Gasteiger partial charge < -0.3 is 4.89 Å². The molecule has 0 aromatic carbocycles. The Bertz CT molecular complexity index is 498. The van der Waals surface area contributed by atoms with Gasteiger partial charge in [0.2, 0.25) is 0 Å². The maximum Gasteiger partial charge on any atom is 0.318 e. The van der Waals surface area contributed by atoms with E-state index in [4.69, 9.17) is 4.52 Å². The zero-order chi connectivity index (χ0) is 26.0. The van der Waals surface area contributed by atoms with Crippen LogP contribution in [0.1, 0.15) is 152 Å². The molecule has 0 aromatic heterocycles. The van der Waals surface area contributed by atoms with Crippen molar-refractivity contribution < 1.29 is 14.0 Å². The van der Waals surface area contributed by atoms with Crippen LogP contribution < -0.4 is 5.32 Å². The monoisotopic (exact) mass is 503 g/mol. The molecular formula is C29H62NO3P. The van der Waals surface area contributed by atoms with Gasteiger partial charge in [0, 0.05) is 12.0 Å². The minimum Gasteiger partial charge on any atom is -0.326 e. The van der Waals surface area contributed by atoms with E-state index in [1.807, 2.05) is 0 Å². The summed E-state index contributed by atoms with van der Waals surface area (Å²) in [6, 6.07) is 0. The van der Waals surface area contributed by atoms with Gasteiger partial charge in [-0.3, -0.25) is 14.4 Å². The Kier molecular flexibility index (Phi) is 19.3. The fourth-order valence-corrected chi connectivity index (χ4v) is 6.73. The molecule has 0 spiro atoms. The van der Waals surface area contributed by atoms with Crippen LogP contribution in [0.2, 0.25) is 0 Å². The maximum atomic E-state index is 12.3. The maximum absolute atomic E-state index is 12.3. The lowest BCUT2D eigenvalue weighted by Crippen LogP contribution is -2.60. The molecule has 34 heavy (non-hydrogen) atoms. The molecule has 5 atom stereocenters. The summed E-state index contributed by atoms with van der Waals surface area (Å²) in [5.74, 6) is 1.81. The van der Waals surface area contributed by atoms with E-state index in [1.165, 1.54) is 57.8 Å². The van der Waals surface area contributed by atoms with Crippen molar-refractivity contribution in [3.8, 4) is 0 Å². The van der Waals surface area contributed by atoms with E-state index in [0.717, 1.165) is 38.6 Å². The average Bonchev–Trinajstić information content (AvgIpc) is 2.83. The minimum atomic E-state index is -3.08. The highest BCUT2D eigenvalue weighted by Crippen LogP contribution is 2.50. The number of nitrogens with one attached hydrogen (secondary N) is 1. The van der Waals surface area contributed by atoms with Gasteiger partial charge in [-0.1, -0.05) is 126 Å². The van der Waals surface area contributed by atoms with Crippen molar-refractivity contribution in [2.75, 3.05) is 6.54 Å². The first-order chi connectivity index (χ1) is 16.2. The zero-order valence-electron chi connectivity index (χ0n) is 24.3. The third-order valence-electron chi connectivity index (χ3n) is 8.52. The molecule has 0 fully saturated rings. The third kappa shape index (κ3) is 11.9. The summed E-state index contributed by atoms with van der Waals surface area (Å²) < 4.78 is 18.4. The summed E-state index contributed by atoms with van der Waals surface area (Å²) in [6.07, 6.45) is 17.3. The van der Waals surface area contributed by atoms with E-state index in [1.54, 1.807) is 0 Å². The molecule has 2 N–H and O–H groups in total. The molecule has 0 saturated heterocycles. The Labute approximate surface area is 214 Å². The van der Waals surface area contributed by atoms with Crippen LogP contribution in [0.15, 0.2) is 0 Å². The molecule has 0 amide bonds. The molecule has 0 aromatic rings. The van der Waals surface area contributed by atoms with Gasteiger partial charge in [0.1, 0.15) is 5.72 Å². The molecule has 4 nitrogen and oxygen atoms in total. The van der Waals surface area contributed by atoms with Crippen molar-refractivity contribution >= 4 is 8.25 Å². The van der Waals surface area contributed by atoms with Crippen molar-refractivity contribution in [2.45, 2.75) is 157 Å². The first-order valence-corrected chi connectivity index (χ1v) is 16.1. The van der Waals surface area contributed by atoms with Crippen molar-refractivity contribution in [1.82, 2.24) is 5.32 Å². The van der Waals surface area contributed by atoms with Gasteiger partial charge in [-0.2, -0.15) is 0 Å². The van der Waals surface area contributed by atoms with Gasteiger partial charge in [-0.05, 0) is 43.4 Å². The molecule has 206 valence electrons. The Morgan fingerprint density at radius 1 is 0.765 bits per heavy atom. The van der Waals surface area contributed by atoms with Crippen LogP contribution in [0.4, 0.5) is 0 Å². The van der Waals surface area contributed by atoms with Crippen molar-refractivity contribution in [3.05, 3.63) is 0 Å². The second kappa shape index (κ2) is 19.3. The summed E-state index contributed by atoms with van der Waals surface area (Å²) in [6.45, 7) is 19.0. The average molecular weight is 504 g/mol. The van der Waals surface area contributed by atoms with Crippen molar-refractivity contribution in [1.29, 1.82) is 0 Å². The molecule has 0 aliphatic heterocycles. The standard InChI is InChI=1S/C29H62NO3P/c1-9-16-19-25(12-4)22-28(8,23-26(13-5)20-17-10-2)29(15-7,33-34(31)32)30-24-27(14-6)21-18-11-3/h25-27,30,34H,9-24H2,1-8H3,(H,31,32). The van der Waals surface area contributed by atoms with Crippen LogP contribution >= 0.6 is 8.25 Å². The summed E-state index contributed by atoms with van der Waals surface area (Å²) in [4.78, 5) is 10.1. The first kappa shape index (κ1) is 34.1. The first-order valence-electron chi connectivity index (χ1n) is 14.9. The fraction of sp³-hybridized carbons (Fsp3) is 1.00. The molecule has 0 heterocycles. The Balaban J connectivity index is 6.22. The topological polar surface area (TPSA) is 58.6 Å². The SMILES string of the molecule is CCCCC(CC)CNC(CC)(O[PH](=O)O)C(C)(CC(CC)CCCC)CC(CC)CCCC. The van der Waals surface area contributed by atoms with Crippen LogP contribution in [0.5, 0.6) is 0 Å². The number of rotatable bonds is 23. The lowest BCUT2D eigenvalue weighted by molar-refractivity contribution is -0.110. The highest BCUT2D eigenvalue weighted by molar-refractivity contribution is 7.32. The molecule has 5 heteroatoms. The van der Waals surface area contributed by atoms with Gasteiger partial charge in [0.15, 0.2) is 0 Å². The van der Waals surface area contributed by atoms with Crippen LogP contribution in [0, 0.1) is 23.2 Å². The number of unbranched alkanes of at least 4 members (excludes halogenated alkanes) is 3. The number of hydrogen-bond acceptors (Lipinski definition) is 3. The highest BCUT2D eigenvalue weighted by atomic mass is 31.1. The fourth-order valence-electron chi connectivity index (χ4n) is 5.97. The third-order valence-corrected chi connectivity index (χ3v) is 9.04. The Hall–Kier alpha value is 0.110. The predicted octanol–water partition coefficient (Wildman–Crippen LogP) is 9.52. The van der Waals surface area contributed by atoms with Crippen LogP contribution in [0.3, 0.4) is 0 Å². The second-order valence-corrected chi connectivity index (χ2v) is 11.9. The lowest BCUT2D eigenvalue weighted by atomic mass is 9.64. The van der Waals surface area contributed by atoms with E-state index >= 15 is 0 Å². The van der Waals surface area contributed by atoms with E-state index in [0.29, 0.717) is 24.2 Å². The normalized spacial score (nSPS) is 19.2. The van der Waals surface area contributed by atoms with E-state index < -0.39 is 14.0 Å². The van der Waals surface area contributed by atoms with Gasteiger partial charge in [-0.15, -0.1) is 0 Å². The van der Waals surface area contributed by atoms with Gasteiger partial charge in [-0.25, -0.2) is 0 Å². The van der Waals surface area contributed by atoms with Crippen LogP contribution in [-0.2, 0) is 9.09 Å². The predicted molar refractivity (Wildman–Crippen MR) is 151 cm³/mol. The number of hydrogen-bond donors (Lipinski definition) is 2. The zero-order valence-corrected chi connectivity index (χ0v) is 25.3. The molecule has 0 aliphatic rings. The second-order valence-electron chi connectivity index (χ2n) is 11.1. The smallest absolute Gasteiger partial charge is 0.318 e. The molecule has 0 saturated carbocycles. The van der Waals surface area contributed by atoms with Gasteiger partial charge in [0.25, 0.3) is 0 Å².